The number of nitrogens with one attached hydrogen (secondary N) is 1. The molecule has 3 rings (SSSR count). The Morgan fingerprint density at radius 3 is 2.91 bits per heavy atom. The maximum absolute atomic E-state index is 11.8. The Labute approximate surface area is 131 Å². The molecule has 0 aliphatic carbocycles. The van der Waals surface area contributed by atoms with Gasteiger partial charge >= 0.3 is 0 Å². The zero-order chi connectivity index (χ0) is 15.5. The highest BCUT2D eigenvalue weighted by Crippen LogP contribution is 2.22. The van der Waals surface area contributed by atoms with Crippen molar-refractivity contribution < 1.29 is 4.79 Å². The van der Waals surface area contributed by atoms with E-state index in [2.05, 4.69) is 20.5 Å². The van der Waals surface area contributed by atoms with Crippen molar-refractivity contribution in [2.45, 2.75) is 13.5 Å². The van der Waals surface area contributed by atoms with Gasteiger partial charge < -0.3 is 9.88 Å². The minimum atomic E-state index is -0.181. The molecule has 2 heterocycles. The molecule has 0 bridgehead atoms. The molecule has 7 heteroatoms. The molecule has 1 amide bonds. The van der Waals surface area contributed by atoms with E-state index in [4.69, 9.17) is 0 Å². The van der Waals surface area contributed by atoms with Crippen LogP contribution in [0.1, 0.15) is 16.7 Å². The molecule has 1 aromatic carbocycles. The normalized spacial score (nSPS) is 11.4. The monoisotopic (exact) mass is 313 g/mol. The first kappa shape index (κ1) is 14.4. The number of amides is 1. The Bertz CT molecular complexity index is 816. The molecule has 6 nitrogen and oxygen atoms in total. The Hall–Kier alpha value is -2.54. The number of nitrogens with zero attached hydrogens (tertiary/aromatic N) is 4. The van der Waals surface area contributed by atoms with Crippen LogP contribution in [0.5, 0.6) is 0 Å². The van der Waals surface area contributed by atoms with Gasteiger partial charge in [-0.05, 0) is 25.1 Å². The Kier molecular flexibility index (Phi) is 3.97. The summed E-state index contributed by atoms with van der Waals surface area (Å²) in [6, 6.07) is 7.90. The molecule has 0 aliphatic rings. The average molecular weight is 313 g/mol. The van der Waals surface area contributed by atoms with E-state index >= 15 is 0 Å². The molecule has 22 heavy (non-hydrogen) atoms. The summed E-state index contributed by atoms with van der Waals surface area (Å²) in [6.45, 7) is 2.21. The van der Waals surface area contributed by atoms with Crippen molar-refractivity contribution in [2.75, 3.05) is 0 Å². The standard InChI is InChI=1S/C15H15N5OS/c1-10-18-19-13(20(10)2)9-16-14(21)7-8-15-17-11-5-3-4-6-12(11)22-15/h3-8H,9H2,1-2H3,(H,16,21)/b8-7+. The van der Waals surface area contributed by atoms with Crippen LogP contribution >= 0.6 is 11.3 Å². The van der Waals surface area contributed by atoms with Crippen molar-refractivity contribution in [3.63, 3.8) is 0 Å². The minimum Gasteiger partial charge on any atom is -0.345 e. The van der Waals surface area contributed by atoms with E-state index in [1.54, 1.807) is 17.4 Å². The summed E-state index contributed by atoms with van der Waals surface area (Å²) in [7, 11) is 1.87. The van der Waals surface area contributed by atoms with Crippen molar-refractivity contribution in [3.8, 4) is 0 Å². The molecule has 1 N–H and O–H groups in total. The summed E-state index contributed by atoms with van der Waals surface area (Å²) < 4.78 is 2.95. The topological polar surface area (TPSA) is 72.7 Å². The van der Waals surface area contributed by atoms with Crippen molar-refractivity contribution in [2.24, 2.45) is 7.05 Å². The van der Waals surface area contributed by atoms with Crippen molar-refractivity contribution in [1.82, 2.24) is 25.1 Å². The highest BCUT2D eigenvalue weighted by molar-refractivity contribution is 7.19. The number of hydrogen-bond acceptors (Lipinski definition) is 5. The van der Waals surface area contributed by atoms with Gasteiger partial charge in [0.05, 0.1) is 16.8 Å². The lowest BCUT2D eigenvalue weighted by molar-refractivity contribution is -0.116. The first-order valence-corrected chi connectivity index (χ1v) is 7.61. The number of aryl methyl sites for hydroxylation is 1. The lowest BCUT2D eigenvalue weighted by atomic mass is 10.3. The van der Waals surface area contributed by atoms with E-state index in [1.807, 2.05) is 42.8 Å². The van der Waals surface area contributed by atoms with Gasteiger partial charge in [-0.3, -0.25) is 4.79 Å². The zero-order valence-electron chi connectivity index (χ0n) is 12.3. The molecule has 0 radical (unpaired) electrons. The van der Waals surface area contributed by atoms with Gasteiger partial charge in [0, 0.05) is 13.1 Å². The summed E-state index contributed by atoms with van der Waals surface area (Å²) in [5.41, 5.74) is 0.946. The van der Waals surface area contributed by atoms with E-state index in [0.717, 1.165) is 26.9 Å². The first-order valence-electron chi connectivity index (χ1n) is 6.80. The number of carbonyl (C=O) groups is 1. The van der Waals surface area contributed by atoms with Crippen LogP contribution < -0.4 is 5.32 Å². The number of rotatable bonds is 4. The van der Waals surface area contributed by atoms with Gasteiger partial charge in [0.15, 0.2) is 5.82 Å². The zero-order valence-corrected chi connectivity index (χ0v) is 13.1. The van der Waals surface area contributed by atoms with Crippen LogP contribution in [0.15, 0.2) is 30.3 Å². The largest absolute Gasteiger partial charge is 0.345 e. The number of carbonyl (C=O) groups excluding carboxylic acids is 1. The quantitative estimate of drug-likeness (QED) is 0.748. The van der Waals surface area contributed by atoms with E-state index in [9.17, 15) is 4.79 Å². The highest BCUT2D eigenvalue weighted by atomic mass is 32.1. The number of benzene rings is 1. The third kappa shape index (κ3) is 3.04. The van der Waals surface area contributed by atoms with Crippen molar-refractivity contribution >= 4 is 33.5 Å². The summed E-state index contributed by atoms with van der Waals surface area (Å²) >= 11 is 1.56. The third-order valence-corrected chi connectivity index (χ3v) is 4.29. The fourth-order valence-corrected chi connectivity index (χ4v) is 2.81. The van der Waals surface area contributed by atoms with Crippen LogP contribution in [0.2, 0.25) is 0 Å². The van der Waals surface area contributed by atoms with Crippen LogP contribution in [-0.4, -0.2) is 25.7 Å². The predicted octanol–water partition coefficient (Wildman–Crippen LogP) is 2.06. The smallest absolute Gasteiger partial charge is 0.244 e. The SMILES string of the molecule is Cc1nnc(CNC(=O)/C=C/c2nc3ccccc3s2)n1C. The lowest BCUT2D eigenvalue weighted by Crippen LogP contribution is -2.22. The second kappa shape index (κ2) is 6.07. The molecule has 3 aromatic rings. The predicted molar refractivity (Wildman–Crippen MR) is 86.2 cm³/mol. The summed E-state index contributed by atoms with van der Waals surface area (Å²) in [6.07, 6.45) is 3.21. The summed E-state index contributed by atoms with van der Waals surface area (Å²) in [5, 5.41) is 11.5. The van der Waals surface area contributed by atoms with Gasteiger partial charge in [-0.1, -0.05) is 12.1 Å². The molecular weight excluding hydrogens is 298 g/mol. The molecule has 112 valence electrons. The van der Waals surface area contributed by atoms with Gasteiger partial charge in [0.2, 0.25) is 5.91 Å². The highest BCUT2D eigenvalue weighted by Gasteiger charge is 2.06. The van der Waals surface area contributed by atoms with Crippen LogP contribution in [0, 0.1) is 6.92 Å². The third-order valence-electron chi connectivity index (χ3n) is 3.29. The fraction of sp³-hybridized carbons (Fsp3) is 0.200. The second-order valence-corrected chi connectivity index (χ2v) is 5.86. The van der Waals surface area contributed by atoms with Crippen molar-refractivity contribution in [3.05, 3.63) is 47.0 Å². The molecule has 0 spiro atoms. The number of aromatic nitrogens is 4. The first-order chi connectivity index (χ1) is 10.6. The average Bonchev–Trinajstić information content (AvgIpc) is 3.07. The maximum atomic E-state index is 11.8. The molecular formula is C15H15N5OS. The van der Waals surface area contributed by atoms with Crippen LogP contribution in [0.25, 0.3) is 16.3 Å². The number of thiazole rings is 1. The van der Waals surface area contributed by atoms with Crippen LogP contribution in [0.3, 0.4) is 0 Å². The number of para-hydroxylation sites is 1. The van der Waals surface area contributed by atoms with Gasteiger partial charge in [-0.2, -0.15) is 0 Å². The van der Waals surface area contributed by atoms with Crippen molar-refractivity contribution in [1.29, 1.82) is 0 Å². The van der Waals surface area contributed by atoms with E-state index < -0.39 is 0 Å². The number of fused-ring (bicyclic) bond motifs is 1. The molecule has 2 aromatic heterocycles. The minimum absolute atomic E-state index is 0.181. The fourth-order valence-electron chi connectivity index (χ4n) is 1.94. The van der Waals surface area contributed by atoms with Gasteiger partial charge in [0.25, 0.3) is 0 Å². The van der Waals surface area contributed by atoms with E-state index in [1.165, 1.54) is 6.08 Å². The second-order valence-electron chi connectivity index (χ2n) is 4.79. The van der Waals surface area contributed by atoms with Gasteiger partial charge in [-0.15, -0.1) is 21.5 Å². The van der Waals surface area contributed by atoms with Crippen LogP contribution in [-0.2, 0) is 18.4 Å². The summed E-state index contributed by atoms with van der Waals surface area (Å²) in [5.74, 6) is 1.36. The molecule has 0 fully saturated rings. The maximum Gasteiger partial charge on any atom is 0.244 e. The molecule has 0 unspecified atom stereocenters. The molecule has 0 saturated carbocycles. The van der Waals surface area contributed by atoms with Crippen LogP contribution in [0.4, 0.5) is 0 Å². The molecule has 0 saturated heterocycles. The Morgan fingerprint density at radius 1 is 1.36 bits per heavy atom. The van der Waals surface area contributed by atoms with Gasteiger partial charge in [0.1, 0.15) is 10.8 Å². The lowest BCUT2D eigenvalue weighted by Gasteiger charge is -2.02. The molecule has 0 atom stereocenters. The molecule has 0 aliphatic heterocycles. The Balaban J connectivity index is 1.62. The number of hydrogen-bond donors (Lipinski definition) is 1. The Morgan fingerprint density at radius 2 is 2.18 bits per heavy atom. The van der Waals surface area contributed by atoms with E-state index in [0.29, 0.717) is 6.54 Å². The summed E-state index contributed by atoms with van der Waals surface area (Å²) in [4.78, 5) is 16.3. The van der Waals surface area contributed by atoms with Gasteiger partial charge in [-0.25, -0.2) is 4.98 Å². The van der Waals surface area contributed by atoms with E-state index in [-0.39, 0.29) is 5.91 Å².